The minimum absolute atomic E-state index is 0.128. The van der Waals surface area contributed by atoms with E-state index in [2.05, 4.69) is 63.6 Å². The van der Waals surface area contributed by atoms with Gasteiger partial charge in [-0.1, -0.05) is 34.1 Å². The molecule has 0 saturated heterocycles. The smallest absolute Gasteiger partial charge is 0.0798 e. The molecule has 96 valence electrons. The molecule has 2 rings (SSSR count). The van der Waals surface area contributed by atoms with Crippen molar-refractivity contribution in [1.82, 2.24) is 20.3 Å². The van der Waals surface area contributed by atoms with Gasteiger partial charge in [-0.05, 0) is 36.7 Å². The molecule has 1 atom stereocenters. The Labute approximate surface area is 116 Å². The predicted octanol–water partition coefficient (Wildman–Crippen LogP) is 2.58. The van der Waals surface area contributed by atoms with Crippen molar-refractivity contribution in [3.8, 4) is 0 Å². The number of nitrogens with one attached hydrogen (secondary N) is 1. The van der Waals surface area contributed by atoms with Gasteiger partial charge in [-0.15, -0.1) is 5.10 Å². The summed E-state index contributed by atoms with van der Waals surface area (Å²) < 4.78 is 2.91. The third kappa shape index (κ3) is 2.62. The maximum absolute atomic E-state index is 4.01. The standard InChI is InChI=1S/C13H17BrN4/c1-4-15-13(12-8-16-17-18(12)3)11-6-5-10(14)7-9(11)2/h5-8,13,15H,4H2,1-3H3. The maximum Gasteiger partial charge on any atom is 0.0798 e. The molecule has 0 bridgehead atoms. The summed E-state index contributed by atoms with van der Waals surface area (Å²) in [5.41, 5.74) is 3.57. The Morgan fingerprint density at radius 2 is 2.22 bits per heavy atom. The molecule has 18 heavy (non-hydrogen) atoms. The minimum Gasteiger partial charge on any atom is -0.305 e. The van der Waals surface area contributed by atoms with E-state index in [-0.39, 0.29) is 6.04 Å². The first kappa shape index (κ1) is 13.2. The summed E-state index contributed by atoms with van der Waals surface area (Å²) >= 11 is 3.50. The summed E-state index contributed by atoms with van der Waals surface area (Å²) in [6.45, 7) is 5.12. The van der Waals surface area contributed by atoms with E-state index >= 15 is 0 Å². The Hall–Kier alpha value is -1.20. The Morgan fingerprint density at radius 3 is 2.78 bits per heavy atom. The van der Waals surface area contributed by atoms with Gasteiger partial charge in [0.1, 0.15) is 0 Å². The number of hydrogen-bond donors (Lipinski definition) is 1. The Balaban J connectivity index is 2.45. The van der Waals surface area contributed by atoms with Crippen LogP contribution < -0.4 is 5.32 Å². The van der Waals surface area contributed by atoms with Gasteiger partial charge in [-0.3, -0.25) is 4.68 Å². The molecule has 1 N–H and O–H groups in total. The Bertz CT molecular complexity index is 536. The molecule has 0 aliphatic carbocycles. The Kier molecular flexibility index (Phi) is 4.14. The van der Waals surface area contributed by atoms with E-state index in [0.717, 1.165) is 16.7 Å². The molecule has 2 aromatic rings. The topological polar surface area (TPSA) is 42.7 Å². The first-order chi connectivity index (χ1) is 8.63. The maximum atomic E-state index is 4.01. The molecule has 0 saturated carbocycles. The molecule has 0 aliphatic rings. The lowest BCUT2D eigenvalue weighted by Crippen LogP contribution is -2.25. The summed E-state index contributed by atoms with van der Waals surface area (Å²) in [6.07, 6.45) is 1.81. The second-order valence-corrected chi connectivity index (χ2v) is 5.19. The molecule has 0 aliphatic heterocycles. The average Bonchev–Trinajstić information content (AvgIpc) is 2.73. The van der Waals surface area contributed by atoms with Crippen molar-refractivity contribution in [3.05, 3.63) is 45.7 Å². The summed E-state index contributed by atoms with van der Waals surface area (Å²) in [6, 6.07) is 6.46. The van der Waals surface area contributed by atoms with Gasteiger partial charge in [0.15, 0.2) is 0 Å². The monoisotopic (exact) mass is 308 g/mol. The first-order valence-corrected chi connectivity index (χ1v) is 6.76. The summed E-state index contributed by atoms with van der Waals surface area (Å²) in [4.78, 5) is 0. The SMILES string of the molecule is CCNC(c1ccc(Br)cc1C)c1cnnn1C. The lowest BCUT2D eigenvalue weighted by molar-refractivity contribution is 0.566. The van der Waals surface area contributed by atoms with Crippen molar-refractivity contribution >= 4 is 15.9 Å². The largest absolute Gasteiger partial charge is 0.305 e. The molecular weight excluding hydrogens is 292 g/mol. The van der Waals surface area contributed by atoms with Crippen LogP contribution in [0.5, 0.6) is 0 Å². The van der Waals surface area contributed by atoms with E-state index in [1.54, 1.807) is 0 Å². The van der Waals surface area contributed by atoms with Crippen molar-refractivity contribution < 1.29 is 0 Å². The van der Waals surface area contributed by atoms with Gasteiger partial charge >= 0.3 is 0 Å². The molecule has 5 heteroatoms. The number of halogens is 1. The molecule has 1 aromatic carbocycles. The highest BCUT2D eigenvalue weighted by Gasteiger charge is 2.18. The quantitative estimate of drug-likeness (QED) is 0.944. The van der Waals surface area contributed by atoms with Crippen LogP contribution in [0.3, 0.4) is 0 Å². The van der Waals surface area contributed by atoms with Crippen molar-refractivity contribution in [2.24, 2.45) is 7.05 Å². The van der Waals surface area contributed by atoms with E-state index in [1.165, 1.54) is 11.1 Å². The third-order valence-corrected chi connectivity index (χ3v) is 3.49. The zero-order valence-corrected chi connectivity index (χ0v) is 12.4. The van der Waals surface area contributed by atoms with Crippen molar-refractivity contribution in [1.29, 1.82) is 0 Å². The molecule has 4 nitrogen and oxygen atoms in total. The molecule has 1 unspecified atom stereocenters. The van der Waals surface area contributed by atoms with Crippen LogP contribution in [0.25, 0.3) is 0 Å². The minimum atomic E-state index is 0.128. The van der Waals surface area contributed by atoms with Crippen LogP contribution in [0.2, 0.25) is 0 Å². The molecule has 0 fully saturated rings. The number of aryl methyl sites for hydroxylation is 2. The van der Waals surface area contributed by atoms with E-state index < -0.39 is 0 Å². The Morgan fingerprint density at radius 1 is 1.44 bits per heavy atom. The van der Waals surface area contributed by atoms with E-state index in [0.29, 0.717) is 0 Å². The third-order valence-electron chi connectivity index (χ3n) is 3.00. The number of rotatable bonds is 4. The second-order valence-electron chi connectivity index (χ2n) is 4.27. The van der Waals surface area contributed by atoms with Crippen molar-refractivity contribution in [3.63, 3.8) is 0 Å². The second kappa shape index (κ2) is 5.63. The van der Waals surface area contributed by atoms with Crippen LogP contribution in [0, 0.1) is 6.92 Å². The highest BCUT2D eigenvalue weighted by atomic mass is 79.9. The van der Waals surface area contributed by atoms with E-state index in [9.17, 15) is 0 Å². The van der Waals surface area contributed by atoms with Crippen molar-refractivity contribution in [2.45, 2.75) is 19.9 Å². The van der Waals surface area contributed by atoms with Gasteiger partial charge in [0.25, 0.3) is 0 Å². The number of benzene rings is 1. The van der Waals surface area contributed by atoms with Gasteiger partial charge in [0.2, 0.25) is 0 Å². The number of hydrogen-bond acceptors (Lipinski definition) is 3. The van der Waals surface area contributed by atoms with Crippen LogP contribution in [-0.4, -0.2) is 21.5 Å². The summed E-state index contributed by atoms with van der Waals surface area (Å²) in [5.74, 6) is 0. The summed E-state index contributed by atoms with van der Waals surface area (Å²) in [5, 5.41) is 11.5. The zero-order valence-electron chi connectivity index (χ0n) is 10.8. The fraction of sp³-hybridized carbons (Fsp3) is 0.385. The van der Waals surface area contributed by atoms with E-state index in [1.807, 2.05) is 17.9 Å². The summed E-state index contributed by atoms with van der Waals surface area (Å²) in [7, 11) is 1.92. The van der Waals surface area contributed by atoms with Crippen LogP contribution in [0.1, 0.15) is 29.8 Å². The fourth-order valence-electron chi connectivity index (χ4n) is 2.10. The molecule has 0 radical (unpaired) electrons. The fourth-order valence-corrected chi connectivity index (χ4v) is 2.58. The van der Waals surface area contributed by atoms with Crippen LogP contribution >= 0.6 is 15.9 Å². The molecular formula is C13H17BrN4. The number of nitrogens with zero attached hydrogens (tertiary/aromatic N) is 3. The molecule has 1 heterocycles. The van der Waals surface area contributed by atoms with Gasteiger partial charge in [-0.2, -0.15) is 0 Å². The van der Waals surface area contributed by atoms with Crippen molar-refractivity contribution in [2.75, 3.05) is 6.54 Å². The highest BCUT2D eigenvalue weighted by Crippen LogP contribution is 2.26. The highest BCUT2D eigenvalue weighted by molar-refractivity contribution is 9.10. The lowest BCUT2D eigenvalue weighted by Gasteiger charge is -2.20. The van der Waals surface area contributed by atoms with Gasteiger partial charge in [0, 0.05) is 11.5 Å². The predicted molar refractivity (Wildman–Crippen MR) is 75.4 cm³/mol. The normalized spacial score (nSPS) is 12.7. The first-order valence-electron chi connectivity index (χ1n) is 5.97. The van der Waals surface area contributed by atoms with Gasteiger partial charge in [0.05, 0.1) is 17.9 Å². The molecule has 0 spiro atoms. The average molecular weight is 309 g/mol. The van der Waals surface area contributed by atoms with Crippen LogP contribution in [-0.2, 0) is 7.05 Å². The van der Waals surface area contributed by atoms with Gasteiger partial charge in [-0.25, -0.2) is 0 Å². The van der Waals surface area contributed by atoms with E-state index in [4.69, 9.17) is 0 Å². The van der Waals surface area contributed by atoms with Crippen LogP contribution in [0.4, 0.5) is 0 Å². The molecule has 0 amide bonds. The van der Waals surface area contributed by atoms with Gasteiger partial charge < -0.3 is 5.32 Å². The zero-order chi connectivity index (χ0) is 13.1. The molecule has 1 aromatic heterocycles. The van der Waals surface area contributed by atoms with Crippen LogP contribution in [0.15, 0.2) is 28.9 Å². The number of aromatic nitrogens is 3. The lowest BCUT2D eigenvalue weighted by atomic mass is 9.99.